The predicted octanol–water partition coefficient (Wildman–Crippen LogP) is 2.73. The number of nitrogens with zero attached hydrogens (tertiary/aromatic N) is 4. The van der Waals surface area contributed by atoms with E-state index in [2.05, 4.69) is 4.99 Å². The number of carbonyl (C=O) groups is 2. The highest BCUT2D eigenvalue weighted by atomic mass is 127. The van der Waals surface area contributed by atoms with Gasteiger partial charge in [0.1, 0.15) is 11.2 Å². The van der Waals surface area contributed by atoms with Crippen molar-refractivity contribution >= 4 is 42.1 Å². The number of aliphatic imine (C=N–C) groups is 1. The Balaban J connectivity index is 0.00000450. The molecule has 2 rings (SSSR count). The number of piperazine rings is 1. The molecule has 2 fully saturated rings. The molecule has 0 radical (unpaired) electrons. The van der Waals surface area contributed by atoms with Gasteiger partial charge in [0, 0.05) is 45.8 Å². The number of amides is 2. The van der Waals surface area contributed by atoms with E-state index in [0.717, 1.165) is 6.42 Å². The van der Waals surface area contributed by atoms with Gasteiger partial charge in [-0.1, -0.05) is 0 Å². The summed E-state index contributed by atoms with van der Waals surface area (Å²) in [4.78, 5) is 34.3. The van der Waals surface area contributed by atoms with Gasteiger partial charge < -0.3 is 29.9 Å². The first kappa shape index (κ1) is 26.6. The van der Waals surface area contributed by atoms with Crippen molar-refractivity contribution in [1.29, 1.82) is 0 Å². The topological polar surface area (TPSA) is 101 Å². The molecule has 0 aliphatic carbocycles. The molecule has 30 heavy (non-hydrogen) atoms. The number of guanidine groups is 1. The molecule has 0 spiro atoms. The molecule has 9 nitrogen and oxygen atoms in total. The van der Waals surface area contributed by atoms with Crippen LogP contribution in [0.4, 0.5) is 9.59 Å². The molecule has 0 aromatic carbocycles. The zero-order chi connectivity index (χ0) is 21.8. The van der Waals surface area contributed by atoms with Crippen LogP contribution in [0.5, 0.6) is 0 Å². The summed E-state index contributed by atoms with van der Waals surface area (Å²) in [6.07, 6.45) is 0.332. The second-order valence-corrected chi connectivity index (χ2v) is 9.73. The van der Waals surface area contributed by atoms with Gasteiger partial charge in [0.05, 0.1) is 0 Å². The Morgan fingerprint density at radius 3 is 1.83 bits per heavy atom. The van der Waals surface area contributed by atoms with Crippen LogP contribution in [0.2, 0.25) is 0 Å². The third-order valence-electron chi connectivity index (χ3n) is 4.70. The number of carbonyl (C=O) groups excluding carboxylic acids is 2. The van der Waals surface area contributed by atoms with Gasteiger partial charge in [0.2, 0.25) is 0 Å². The van der Waals surface area contributed by atoms with E-state index in [-0.39, 0.29) is 42.1 Å². The summed E-state index contributed by atoms with van der Waals surface area (Å²) in [6, 6.07) is 0. The van der Waals surface area contributed by atoms with Crippen molar-refractivity contribution in [3.63, 3.8) is 0 Å². The van der Waals surface area contributed by atoms with E-state index in [1.807, 2.05) is 46.4 Å². The first-order valence-electron chi connectivity index (χ1n) is 10.3. The minimum Gasteiger partial charge on any atom is -0.444 e. The van der Waals surface area contributed by atoms with Crippen molar-refractivity contribution in [1.82, 2.24) is 14.7 Å². The highest BCUT2D eigenvalue weighted by molar-refractivity contribution is 14.0. The first-order chi connectivity index (χ1) is 13.3. The second kappa shape index (κ2) is 10.7. The molecule has 1 unspecified atom stereocenters. The van der Waals surface area contributed by atoms with Crippen molar-refractivity contribution in [3.8, 4) is 0 Å². The van der Waals surface area contributed by atoms with Crippen LogP contribution in [0.1, 0.15) is 48.0 Å². The van der Waals surface area contributed by atoms with Crippen molar-refractivity contribution in [3.05, 3.63) is 0 Å². The Kier molecular flexibility index (Phi) is 9.50. The SMILES string of the molecule is CC(C)(C)OC(=O)N1CCN(C(N)=NCC2CCN(C(=O)OC(C)(C)C)C2)CC1.I. The number of hydrogen-bond acceptors (Lipinski definition) is 5. The highest BCUT2D eigenvalue weighted by Crippen LogP contribution is 2.20. The van der Waals surface area contributed by atoms with Gasteiger partial charge in [-0.05, 0) is 53.9 Å². The summed E-state index contributed by atoms with van der Waals surface area (Å²) < 4.78 is 10.8. The highest BCUT2D eigenvalue weighted by Gasteiger charge is 2.30. The average Bonchev–Trinajstić information content (AvgIpc) is 3.06. The van der Waals surface area contributed by atoms with Crippen molar-refractivity contribution < 1.29 is 19.1 Å². The molecule has 2 heterocycles. The molecule has 0 aromatic heterocycles. The first-order valence-corrected chi connectivity index (χ1v) is 10.3. The summed E-state index contributed by atoms with van der Waals surface area (Å²) in [5.74, 6) is 0.772. The maximum atomic E-state index is 12.2. The van der Waals surface area contributed by atoms with Crippen LogP contribution < -0.4 is 5.73 Å². The molecule has 0 aromatic rings. The van der Waals surface area contributed by atoms with Gasteiger partial charge in [-0.3, -0.25) is 4.99 Å². The normalized spacial score (nSPS) is 20.7. The zero-order valence-electron chi connectivity index (χ0n) is 19.1. The Morgan fingerprint density at radius 1 is 0.867 bits per heavy atom. The van der Waals surface area contributed by atoms with Crippen molar-refractivity contribution in [2.75, 3.05) is 45.8 Å². The Hall–Kier alpha value is -1.46. The zero-order valence-corrected chi connectivity index (χ0v) is 21.5. The number of ether oxygens (including phenoxy) is 2. The molecule has 2 aliphatic rings. The van der Waals surface area contributed by atoms with Crippen LogP contribution >= 0.6 is 24.0 Å². The van der Waals surface area contributed by atoms with Gasteiger partial charge in [-0.15, -0.1) is 24.0 Å². The quantitative estimate of drug-likeness (QED) is 0.329. The van der Waals surface area contributed by atoms with Crippen LogP contribution in [0, 0.1) is 5.92 Å². The average molecular weight is 539 g/mol. The predicted molar refractivity (Wildman–Crippen MR) is 127 cm³/mol. The lowest BCUT2D eigenvalue weighted by Gasteiger charge is -2.36. The molecule has 1 atom stereocenters. The van der Waals surface area contributed by atoms with Gasteiger partial charge >= 0.3 is 12.2 Å². The van der Waals surface area contributed by atoms with Crippen LogP contribution in [0.15, 0.2) is 4.99 Å². The van der Waals surface area contributed by atoms with Crippen molar-refractivity contribution in [2.45, 2.75) is 59.2 Å². The van der Waals surface area contributed by atoms with Crippen LogP contribution in [-0.4, -0.2) is 89.9 Å². The number of rotatable bonds is 2. The fraction of sp³-hybridized carbons (Fsp3) is 0.850. The molecular formula is C20H38IN5O4. The minimum atomic E-state index is -0.497. The third-order valence-corrected chi connectivity index (χ3v) is 4.70. The summed E-state index contributed by atoms with van der Waals surface area (Å²) in [5, 5.41) is 0. The van der Waals surface area contributed by atoms with E-state index in [1.54, 1.807) is 9.80 Å². The molecule has 0 saturated carbocycles. The lowest BCUT2D eigenvalue weighted by molar-refractivity contribution is 0.0185. The Labute approximate surface area is 197 Å². The third kappa shape index (κ3) is 8.73. The number of nitrogens with two attached hydrogens (primary N) is 1. The van der Waals surface area contributed by atoms with Crippen LogP contribution in [0.25, 0.3) is 0 Å². The monoisotopic (exact) mass is 539 g/mol. The summed E-state index contributed by atoms with van der Waals surface area (Å²) in [6.45, 7) is 15.5. The maximum absolute atomic E-state index is 12.2. The molecule has 10 heteroatoms. The van der Waals surface area contributed by atoms with Crippen LogP contribution in [-0.2, 0) is 9.47 Å². The van der Waals surface area contributed by atoms with E-state index >= 15 is 0 Å². The smallest absolute Gasteiger partial charge is 0.410 e. The molecule has 174 valence electrons. The summed E-state index contributed by atoms with van der Waals surface area (Å²) in [5.41, 5.74) is 5.18. The van der Waals surface area contributed by atoms with E-state index in [1.165, 1.54) is 0 Å². The lowest BCUT2D eigenvalue weighted by Crippen LogP contribution is -2.53. The van der Waals surface area contributed by atoms with Crippen molar-refractivity contribution in [2.24, 2.45) is 16.6 Å². The van der Waals surface area contributed by atoms with E-state index < -0.39 is 11.2 Å². The second-order valence-electron chi connectivity index (χ2n) is 9.73. The van der Waals surface area contributed by atoms with E-state index in [9.17, 15) is 9.59 Å². The molecule has 2 amide bonds. The number of likely N-dealkylation sites (tertiary alicyclic amines) is 1. The Bertz CT molecular complexity index is 622. The summed E-state index contributed by atoms with van der Waals surface area (Å²) in [7, 11) is 0. The van der Waals surface area contributed by atoms with Gasteiger partial charge in [-0.25, -0.2) is 9.59 Å². The van der Waals surface area contributed by atoms with Gasteiger partial charge in [0.15, 0.2) is 5.96 Å². The lowest BCUT2D eigenvalue weighted by atomic mass is 10.1. The van der Waals surface area contributed by atoms with Crippen LogP contribution in [0.3, 0.4) is 0 Å². The fourth-order valence-electron chi connectivity index (χ4n) is 3.24. The molecule has 2 aliphatic heterocycles. The standard InChI is InChI=1S/C20H37N5O4.HI/c1-19(2,3)28-17(26)24-11-9-23(10-12-24)16(21)22-13-15-7-8-25(14-15)18(27)29-20(4,5)6;/h15H,7-14H2,1-6H3,(H2,21,22);1H. The molecule has 2 saturated heterocycles. The van der Waals surface area contributed by atoms with E-state index in [0.29, 0.717) is 51.8 Å². The molecule has 0 bridgehead atoms. The molecule has 2 N–H and O–H groups in total. The maximum Gasteiger partial charge on any atom is 0.410 e. The fourth-order valence-corrected chi connectivity index (χ4v) is 3.24. The number of hydrogen-bond donors (Lipinski definition) is 1. The Morgan fingerprint density at radius 2 is 1.33 bits per heavy atom. The van der Waals surface area contributed by atoms with Gasteiger partial charge in [0.25, 0.3) is 0 Å². The van der Waals surface area contributed by atoms with E-state index in [4.69, 9.17) is 15.2 Å². The number of halogens is 1. The largest absolute Gasteiger partial charge is 0.444 e. The minimum absolute atomic E-state index is 0. The summed E-state index contributed by atoms with van der Waals surface area (Å²) >= 11 is 0. The van der Waals surface area contributed by atoms with Gasteiger partial charge in [-0.2, -0.15) is 0 Å². The molecular weight excluding hydrogens is 501 g/mol.